The maximum atomic E-state index is 12.5. The molecule has 0 aliphatic carbocycles. The summed E-state index contributed by atoms with van der Waals surface area (Å²) in [5.41, 5.74) is 7.56. The maximum Gasteiger partial charge on any atom is 0.269 e. The van der Waals surface area contributed by atoms with Crippen LogP contribution in [0.4, 0.5) is 5.69 Å². The number of non-ortho nitro benzene ring substituents is 1. The van der Waals surface area contributed by atoms with E-state index in [0.717, 1.165) is 12.0 Å². The van der Waals surface area contributed by atoms with Crippen LogP contribution in [-0.4, -0.2) is 35.4 Å². The van der Waals surface area contributed by atoms with Gasteiger partial charge in [-0.05, 0) is 17.5 Å². The van der Waals surface area contributed by atoms with Crippen molar-refractivity contribution in [3.8, 4) is 0 Å². The molecule has 2 rings (SSSR count). The largest absolute Gasteiger partial charge is 0.341 e. The van der Waals surface area contributed by atoms with Crippen molar-refractivity contribution in [2.45, 2.75) is 12.8 Å². The van der Waals surface area contributed by atoms with Crippen molar-refractivity contribution < 1.29 is 9.72 Å². The molecule has 0 atom stereocenters. The molecule has 134 valence electrons. The fourth-order valence-corrected chi connectivity index (χ4v) is 2.45. The zero-order chi connectivity index (χ0) is 17.4. The highest BCUT2D eigenvalue weighted by molar-refractivity contribution is 5.85. The second-order valence-electron chi connectivity index (χ2n) is 5.51. The molecule has 0 saturated carbocycles. The van der Waals surface area contributed by atoms with E-state index in [2.05, 4.69) is 0 Å². The number of rotatable bonds is 8. The molecule has 2 aromatic carbocycles. The summed E-state index contributed by atoms with van der Waals surface area (Å²) in [4.78, 5) is 24.4. The average molecular weight is 364 g/mol. The molecule has 0 aromatic heterocycles. The van der Waals surface area contributed by atoms with Gasteiger partial charge in [-0.1, -0.05) is 42.5 Å². The van der Waals surface area contributed by atoms with Gasteiger partial charge in [-0.2, -0.15) is 0 Å². The van der Waals surface area contributed by atoms with E-state index in [1.807, 2.05) is 30.3 Å². The van der Waals surface area contributed by atoms with E-state index >= 15 is 0 Å². The molecule has 2 aromatic rings. The molecule has 0 aliphatic heterocycles. The molecule has 0 saturated heterocycles. The molecule has 0 heterocycles. The van der Waals surface area contributed by atoms with Crippen LogP contribution >= 0.6 is 12.4 Å². The lowest BCUT2D eigenvalue weighted by molar-refractivity contribution is -0.384. The van der Waals surface area contributed by atoms with Gasteiger partial charge in [0.1, 0.15) is 0 Å². The number of nitrogens with two attached hydrogens (primary N) is 1. The highest BCUT2D eigenvalue weighted by Gasteiger charge is 2.14. The molecule has 0 bridgehead atoms. The Balaban J connectivity index is 0.00000312. The van der Waals surface area contributed by atoms with E-state index in [0.29, 0.717) is 19.6 Å². The Morgan fingerprint density at radius 2 is 1.64 bits per heavy atom. The third-order valence-corrected chi connectivity index (χ3v) is 3.77. The van der Waals surface area contributed by atoms with E-state index in [1.54, 1.807) is 17.0 Å². The topological polar surface area (TPSA) is 89.5 Å². The van der Waals surface area contributed by atoms with Crippen LogP contribution in [0.3, 0.4) is 0 Å². The van der Waals surface area contributed by atoms with Crippen molar-refractivity contribution in [2.75, 3.05) is 19.6 Å². The predicted molar refractivity (Wildman–Crippen MR) is 99.8 cm³/mol. The monoisotopic (exact) mass is 363 g/mol. The van der Waals surface area contributed by atoms with Crippen molar-refractivity contribution in [1.82, 2.24) is 4.90 Å². The van der Waals surface area contributed by atoms with E-state index in [9.17, 15) is 14.9 Å². The molecular weight excluding hydrogens is 342 g/mol. The number of halogens is 1. The maximum absolute atomic E-state index is 12.5. The fraction of sp³-hybridized carbons (Fsp3) is 0.278. The summed E-state index contributed by atoms with van der Waals surface area (Å²) in [7, 11) is 0. The fourth-order valence-electron chi connectivity index (χ4n) is 2.45. The van der Waals surface area contributed by atoms with Gasteiger partial charge in [-0.3, -0.25) is 14.9 Å². The quantitative estimate of drug-likeness (QED) is 0.576. The van der Waals surface area contributed by atoms with Gasteiger partial charge >= 0.3 is 0 Å². The van der Waals surface area contributed by atoms with Crippen molar-refractivity contribution in [3.05, 3.63) is 75.8 Å². The number of hydrogen-bond acceptors (Lipinski definition) is 4. The van der Waals surface area contributed by atoms with E-state index in [1.165, 1.54) is 17.7 Å². The van der Waals surface area contributed by atoms with Gasteiger partial charge in [0.05, 0.1) is 11.3 Å². The summed E-state index contributed by atoms with van der Waals surface area (Å²) >= 11 is 0. The second kappa shape index (κ2) is 10.4. The van der Waals surface area contributed by atoms with Crippen molar-refractivity contribution >= 4 is 24.0 Å². The zero-order valence-corrected chi connectivity index (χ0v) is 14.7. The Kier molecular flexibility index (Phi) is 8.60. The normalized spacial score (nSPS) is 9.96. The van der Waals surface area contributed by atoms with Crippen LogP contribution in [0.2, 0.25) is 0 Å². The Morgan fingerprint density at radius 1 is 1.00 bits per heavy atom. The highest BCUT2D eigenvalue weighted by Crippen LogP contribution is 2.13. The number of benzene rings is 2. The lowest BCUT2D eigenvalue weighted by Crippen LogP contribution is -2.37. The van der Waals surface area contributed by atoms with Crippen LogP contribution in [0.25, 0.3) is 0 Å². The number of amides is 1. The minimum atomic E-state index is -0.452. The second-order valence-corrected chi connectivity index (χ2v) is 5.51. The third kappa shape index (κ3) is 6.52. The number of carbonyl (C=O) groups excluding carboxylic acids is 1. The van der Waals surface area contributed by atoms with Gasteiger partial charge in [0.2, 0.25) is 5.91 Å². The Morgan fingerprint density at radius 3 is 2.20 bits per heavy atom. The first-order valence-electron chi connectivity index (χ1n) is 7.85. The van der Waals surface area contributed by atoms with E-state index in [4.69, 9.17) is 5.73 Å². The molecular formula is C18H22ClN3O3. The summed E-state index contributed by atoms with van der Waals surface area (Å²) in [6.45, 7) is 1.51. The van der Waals surface area contributed by atoms with E-state index in [-0.39, 0.29) is 30.4 Å². The molecule has 2 N–H and O–H groups in total. The van der Waals surface area contributed by atoms with Crippen molar-refractivity contribution in [2.24, 2.45) is 5.73 Å². The van der Waals surface area contributed by atoms with Crippen LogP contribution in [0.5, 0.6) is 0 Å². The number of nitro benzene ring substituents is 1. The minimum Gasteiger partial charge on any atom is -0.341 e. The summed E-state index contributed by atoms with van der Waals surface area (Å²) in [5.74, 6) is -0.0229. The molecule has 0 aliphatic rings. The Bertz CT molecular complexity index is 678. The van der Waals surface area contributed by atoms with Crippen molar-refractivity contribution in [1.29, 1.82) is 0 Å². The van der Waals surface area contributed by atoms with Gasteiger partial charge in [-0.25, -0.2) is 0 Å². The van der Waals surface area contributed by atoms with Gasteiger partial charge in [0, 0.05) is 31.8 Å². The summed E-state index contributed by atoms with van der Waals surface area (Å²) in [5, 5.41) is 10.7. The average Bonchev–Trinajstić information content (AvgIpc) is 2.60. The van der Waals surface area contributed by atoms with Crippen LogP contribution in [0.1, 0.15) is 11.1 Å². The minimum absolute atomic E-state index is 0. The number of hydrogen-bond donors (Lipinski definition) is 1. The lowest BCUT2D eigenvalue weighted by Gasteiger charge is -2.22. The molecule has 0 fully saturated rings. The summed E-state index contributed by atoms with van der Waals surface area (Å²) in [6.07, 6.45) is 0.986. The molecule has 7 heteroatoms. The van der Waals surface area contributed by atoms with Crippen LogP contribution in [0, 0.1) is 10.1 Å². The lowest BCUT2D eigenvalue weighted by atomic mass is 10.1. The van der Waals surface area contributed by atoms with Gasteiger partial charge in [-0.15, -0.1) is 12.4 Å². The first kappa shape index (κ1) is 20.6. The molecule has 1 amide bonds. The van der Waals surface area contributed by atoms with Gasteiger partial charge in [0.15, 0.2) is 0 Å². The van der Waals surface area contributed by atoms with Crippen LogP contribution in [0.15, 0.2) is 54.6 Å². The molecule has 0 unspecified atom stereocenters. The number of carbonyl (C=O) groups is 1. The van der Waals surface area contributed by atoms with Crippen molar-refractivity contribution in [3.63, 3.8) is 0 Å². The first-order valence-corrected chi connectivity index (χ1v) is 7.85. The highest BCUT2D eigenvalue weighted by atomic mass is 35.5. The molecule has 25 heavy (non-hydrogen) atoms. The summed E-state index contributed by atoms with van der Waals surface area (Å²) < 4.78 is 0. The van der Waals surface area contributed by atoms with Crippen LogP contribution < -0.4 is 5.73 Å². The SMILES string of the molecule is Cl.NCCN(CCc1ccccc1)C(=O)Cc1ccc([N+](=O)[O-])cc1. The van der Waals surface area contributed by atoms with Gasteiger partial charge < -0.3 is 10.6 Å². The Hall–Kier alpha value is -2.44. The number of nitrogens with zero attached hydrogens (tertiary/aromatic N) is 2. The predicted octanol–water partition coefficient (Wildman–Crippen LogP) is 2.59. The Labute approximate surface area is 153 Å². The van der Waals surface area contributed by atoms with Gasteiger partial charge in [0.25, 0.3) is 5.69 Å². The zero-order valence-electron chi connectivity index (χ0n) is 13.8. The third-order valence-electron chi connectivity index (χ3n) is 3.77. The smallest absolute Gasteiger partial charge is 0.269 e. The molecule has 6 nitrogen and oxygen atoms in total. The molecule has 0 radical (unpaired) electrons. The summed E-state index contributed by atoms with van der Waals surface area (Å²) in [6, 6.07) is 16.0. The van der Waals surface area contributed by atoms with Crippen LogP contribution in [-0.2, 0) is 17.6 Å². The number of nitro groups is 1. The molecule has 0 spiro atoms. The first-order chi connectivity index (χ1) is 11.6. The standard InChI is InChI=1S/C18H21N3O3.ClH/c19-11-13-20(12-10-15-4-2-1-3-5-15)18(22)14-16-6-8-17(9-7-16)21(23)24;/h1-9H,10-14,19H2;1H. The van der Waals surface area contributed by atoms with E-state index < -0.39 is 4.92 Å².